The summed E-state index contributed by atoms with van der Waals surface area (Å²) in [6.07, 6.45) is 4.07. The van der Waals surface area contributed by atoms with E-state index in [1.807, 2.05) is 31.2 Å². The summed E-state index contributed by atoms with van der Waals surface area (Å²) in [7, 11) is 0. The fraction of sp³-hybridized carbons (Fsp3) is 0.296. The molecule has 2 aromatic heterocycles. The highest BCUT2D eigenvalue weighted by Gasteiger charge is 2.23. The predicted molar refractivity (Wildman–Crippen MR) is 145 cm³/mol. The summed E-state index contributed by atoms with van der Waals surface area (Å²) >= 11 is 13.2. The van der Waals surface area contributed by atoms with Crippen molar-refractivity contribution in [1.29, 1.82) is 0 Å². The van der Waals surface area contributed by atoms with Gasteiger partial charge >= 0.3 is 0 Å². The van der Waals surface area contributed by atoms with Crippen molar-refractivity contribution in [2.24, 2.45) is 5.92 Å². The third-order valence-corrected chi connectivity index (χ3v) is 7.01. The molecular formula is C27H28Cl2N6. The first kappa shape index (κ1) is 23.8. The first-order chi connectivity index (χ1) is 17.0. The van der Waals surface area contributed by atoms with E-state index in [1.54, 1.807) is 6.20 Å². The van der Waals surface area contributed by atoms with Crippen molar-refractivity contribution in [1.82, 2.24) is 24.8 Å². The molecule has 4 aromatic rings. The van der Waals surface area contributed by atoms with Crippen molar-refractivity contribution >= 4 is 45.9 Å². The first-order valence-corrected chi connectivity index (χ1v) is 12.6. The van der Waals surface area contributed by atoms with Crippen LogP contribution in [0.1, 0.15) is 30.9 Å². The molecule has 8 heteroatoms. The molecule has 1 atom stereocenters. The van der Waals surface area contributed by atoms with Gasteiger partial charge in [-0.2, -0.15) is 4.98 Å². The maximum atomic E-state index is 6.59. The minimum absolute atomic E-state index is 0.470. The van der Waals surface area contributed by atoms with Gasteiger partial charge in [-0.05, 0) is 68.1 Å². The van der Waals surface area contributed by atoms with Gasteiger partial charge in [0.2, 0.25) is 5.95 Å². The molecule has 5 rings (SSSR count). The molecule has 2 aromatic carbocycles. The highest BCUT2D eigenvalue weighted by Crippen LogP contribution is 2.36. The van der Waals surface area contributed by atoms with Gasteiger partial charge in [-0.15, -0.1) is 0 Å². The average molecular weight is 507 g/mol. The standard InChI is InChI=1S/C27H28Cl2N6/c1-17(2)20-8-3-6-18(12-20)14-31-27-32-15-23-25(34-27)35(16-19-7-5-11-30-13-19)26(33-23)24-21(28)9-4-10-22(24)29/h3-4,6,8-10,12,15,19,30H,1,5,7,11,13-14,16H2,2H3,(H,31,32,34)/t19-/m1/s1. The molecule has 1 saturated heterocycles. The van der Waals surface area contributed by atoms with E-state index in [-0.39, 0.29) is 0 Å². The Morgan fingerprint density at radius 2 is 1.97 bits per heavy atom. The van der Waals surface area contributed by atoms with Gasteiger partial charge in [-0.3, -0.25) is 0 Å². The van der Waals surface area contributed by atoms with E-state index in [0.29, 0.717) is 28.5 Å². The predicted octanol–water partition coefficient (Wildman–Crippen LogP) is 6.44. The monoisotopic (exact) mass is 506 g/mol. The van der Waals surface area contributed by atoms with E-state index in [1.165, 1.54) is 0 Å². The summed E-state index contributed by atoms with van der Waals surface area (Å²) in [4.78, 5) is 14.3. The SMILES string of the molecule is C=C(C)c1cccc(CNc2ncc3nc(-c4c(Cl)cccc4Cl)n(C[C@@H]4CCCNC4)c3n2)c1. The van der Waals surface area contributed by atoms with Gasteiger partial charge in [0, 0.05) is 13.1 Å². The molecule has 1 aliphatic heterocycles. The zero-order chi connectivity index (χ0) is 24.4. The Morgan fingerprint density at radius 1 is 1.17 bits per heavy atom. The molecule has 0 radical (unpaired) electrons. The molecule has 1 fully saturated rings. The number of rotatable bonds is 7. The normalized spacial score (nSPS) is 15.9. The summed E-state index contributed by atoms with van der Waals surface area (Å²) in [5.41, 5.74) is 5.52. The van der Waals surface area contributed by atoms with Crippen LogP contribution in [0, 0.1) is 5.92 Å². The zero-order valence-corrected chi connectivity index (χ0v) is 21.2. The molecule has 35 heavy (non-hydrogen) atoms. The molecule has 0 spiro atoms. The third kappa shape index (κ3) is 5.20. The van der Waals surface area contributed by atoms with Gasteiger partial charge < -0.3 is 15.2 Å². The van der Waals surface area contributed by atoms with Gasteiger partial charge in [0.25, 0.3) is 0 Å². The molecule has 0 bridgehead atoms. The molecule has 0 unspecified atom stereocenters. The van der Waals surface area contributed by atoms with Crippen LogP contribution in [0.15, 0.2) is 55.2 Å². The topological polar surface area (TPSA) is 67.7 Å². The summed E-state index contributed by atoms with van der Waals surface area (Å²) in [6.45, 7) is 9.46. The number of imidazole rings is 1. The van der Waals surface area contributed by atoms with Gasteiger partial charge in [-0.1, -0.05) is 59.6 Å². The summed E-state index contributed by atoms with van der Waals surface area (Å²) in [5.74, 6) is 1.75. The number of nitrogens with zero attached hydrogens (tertiary/aromatic N) is 4. The van der Waals surface area contributed by atoms with Gasteiger partial charge in [0.15, 0.2) is 5.65 Å². The Morgan fingerprint density at radius 3 is 2.71 bits per heavy atom. The minimum atomic E-state index is 0.470. The Bertz CT molecular complexity index is 1350. The van der Waals surface area contributed by atoms with Crippen molar-refractivity contribution in [3.05, 3.63) is 76.4 Å². The Hall–Kier alpha value is -2.93. The maximum Gasteiger partial charge on any atom is 0.225 e. The highest BCUT2D eigenvalue weighted by atomic mass is 35.5. The van der Waals surface area contributed by atoms with Crippen LogP contribution in [0.2, 0.25) is 10.0 Å². The number of hydrogen-bond acceptors (Lipinski definition) is 5. The number of hydrogen-bond donors (Lipinski definition) is 2. The number of anilines is 1. The molecule has 2 N–H and O–H groups in total. The van der Waals surface area contributed by atoms with Crippen LogP contribution in [-0.4, -0.2) is 32.6 Å². The van der Waals surface area contributed by atoms with E-state index in [4.69, 9.17) is 33.2 Å². The van der Waals surface area contributed by atoms with Crippen molar-refractivity contribution in [3.63, 3.8) is 0 Å². The molecule has 6 nitrogen and oxygen atoms in total. The van der Waals surface area contributed by atoms with Gasteiger partial charge in [0.1, 0.15) is 11.3 Å². The van der Waals surface area contributed by atoms with Crippen molar-refractivity contribution in [3.8, 4) is 11.4 Å². The lowest BCUT2D eigenvalue weighted by atomic mass is 9.99. The first-order valence-electron chi connectivity index (χ1n) is 11.9. The van der Waals surface area contributed by atoms with E-state index in [9.17, 15) is 0 Å². The fourth-order valence-electron chi connectivity index (χ4n) is 4.55. The molecule has 1 aliphatic rings. The largest absolute Gasteiger partial charge is 0.350 e. The van der Waals surface area contributed by atoms with Crippen molar-refractivity contribution < 1.29 is 0 Å². The second-order valence-corrected chi connectivity index (χ2v) is 9.91. The minimum Gasteiger partial charge on any atom is -0.350 e. The summed E-state index contributed by atoms with van der Waals surface area (Å²) in [6, 6.07) is 13.8. The zero-order valence-electron chi connectivity index (χ0n) is 19.7. The highest BCUT2D eigenvalue weighted by molar-refractivity contribution is 6.39. The third-order valence-electron chi connectivity index (χ3n) is 6.38. The molecule has 0 saturated carbocycles. The van der Waals surface area contributed by atoms with Gasteiger partial charge in [0.05, 0.1) is 21.8 Å². The lowest BCUT2D eigenvalue weighted by molar-refractivity contribution is 0.341. The van der Waals surface area contributed by atoms with Crippen LogP contribution in [0.25, 0.3) is 28.1 Å². The van der Waals surface area contributed by atoms with Crippen LogP contribution >= 0.6 is 23.2 Å². The van der Waals surface area contributed by atoms with E-state index in [0.717, 1.165) is 71.7 Å². The van der Waals surface area contributed by atoms with Crippen LogP contribution in [-0.2, 0) is 13.1 Å². The molecule has 180 valence electrons. The second-order valence-electron chi connectivity index (χ2n) is 9.09. The Labute approximate surface area is 215 Å². The quantitative estimate of drug-likeness (QED) is 0.301. The number of piperidine rings is 1. The number of nitrogens with one attached hydrogen (secondary N) is 2. The summed E-state index contributed by atoms with van der Waals surface area (Å²) < 4.78 is 2.15. The van der Waals surface area contributed by atoms with Crippen LogP contribution in [0.4, 0.5) is 5.95 Å². The average Bonchev–Trinajstić information content (AvgIpc) is 3.20. The smallest absolute Gasteiger partial charge is 0.225 e. The molecule has 3 heterocycles. The van der Waals surface area contributed by atoms with Crippen molar-refractivity contribution in [2.45, 2.75) is 32.9 Å². The number of halogens is 2. The van der Waals surface area contributed by atoms with Crippen molar-refractivity contribution in [2.75, 3.05) is 18.4 Å². The van der Waals surface area contributed by atoms with Gasteiger partial charge in [-0.25, -0.2) is 9.97 Å². The molecular weight excluding hydrogens is 479 g/mol. The lowest BCUT2D eigenvalue weighted by Gasteiger charge is -2.24. The number of benzene rings is 2. The Kier molecular flexibility index (Phi) is 7.04. The fourth-order valence-corrected chi connectivity index (χ4v) is 5.11. The summed E-state index contributed by atoms with van der Waals surface area (Å²) in [5, 5.41) is 8.00. The van der Waals surface area contributed by atoms with Crippen LogP contribution in [0.5, 0.6) is 0 Å². The molecule has 0 amide bonds. The van der Waals surface area contributed by atoms with E-state index in [2.05, 4.69) is 45.0 Å². The van der Waals surface area contributed by atoms with E-state index < -0.39 is 0 Å². The van der Waals surface area contributed by atoms with E-state index >= 15 is 0 Å². The van der Waals surface area contributed by atoms with Crippen LogP contribution in [0.3, 0.4) is 0 Å². The number of allylic oxidation sites excluding steroid dienone is 1. The van der Waals surface area contributed by atoms with Crippen LogP contribution < -0.4 is 10.6 Å². The maximum absolute atomic E-state index is 6.59. The second kappa shape index (κ2) is 10.4. The molecule has 0 aliphatic carbocycles. The number of fused-ring (bicyclic) bond motifs is 1. The Balaban J connectivity index is 1.51. The number of aromatic nitrogens is 4. The lowest BCUT2D eigenvalue weighted by Crippen LogP contribution is -2.32.